The first-order chi connectivity index (χ1) is 9.52. The molecule has 1 aromatic carbocycles. The molecule has 0 radical (unpaired) electrons. The summed E-state index contributed by atoms with van der Waals surface area (Å²) in [6.07, 6.45) is 0.393. The van der Waals surface area contributed by atoms with Crippen molar-refractivity contribution in [2.75, 3.05) is 13.7 Å². The molecule has 0 heterocycles. The minimum absolute atomic E-state index is 0.0291. The van der Waals surface area contributed by atoms with Crippen LogP contribution in [-0.2, 0) is 4.79 Å². The predicted octanol–water partition coefficient (Wildman–Crippen LogP) is 1.93. The van der Waals surface area contributed by atoms with E-state index >= 15 is 0 Å². The van der Waals surface area contributed by atoms with Crippen LogP contribution < -0.4 is 10.1 Å². The summed E-state index contributed by atoms with van der Waals surface area (Å²) in [5.74, 6) is 1.33. The first-order valence-corrected chi connectivity index (χ1v) is 7.12. The molecule has 3 unspecified atom stereocenters. The Bertz CT molecular complexity index is 473. The Labute approximate surface area is 120 Å². The standard InChI is InChI=1S/C16H23NO3/c1-10(2)15(18)9-17-16(19)14-8-13(14)11-5-4-6-12(7-11)20-3/h4-7,10,13-15,18H,8-9H2,1-3H3,(H,17,19). The number of nitrogens with one attached hydrogen (secondary N) is 1. The van der Waals surface area contributed by atoms with Crippen molar-refractivity contribution in [3.8, 4) is 5.75 Å². The van der Waals surface area contributed by atoms with Crippen molar-refractivity contribution in [2.24, 2.45) is 11.8 Å². The molecule has 110 valence electrons. The third-order valence-corrected chi connectivity index (χ3v) is 3.90. The number of rotatable bonds is 6. The summed E-state index contributed by atoms with van der Waals surface area (Å²) in [7, 11) is 1.64. The molecule has 2 N–H and O–H groups in total. The van der Waals surface area contributed by atoms with Crippen LogP contribution >= 0.6 is 0 Å². The molecule has 2 rings (SSSR count). The van der Waals surface area contributed by atoms with Gasteiger partial charge in [-0.25, -0.2) is 0 Å². The van der Waals surface area contributed by atoms with Crippen LogP contribution in [-0.4, -0.2) is 30.8 Å². The number of aliphatic hydroxyl groups is 1. The summed E-state index contributed by atoms with van der Waals surface area (Å²) in [5, 5.41) is 12.5. The van der Waals surface area contributed by atoms with Crippen LogP contribution in [0.5, 0.6) is 5.75 Å². The van der Waals surface area contributed by atoms with Crippen LogP contribution in [0.2, 0.25) is 0 Å². The van der Waals surface area contributed by atoms with E-state index in [0.29, 0.717) is 6.54 Å². The molecule has 4 heteroatoms. The zero-order chi connectivity index (χ0) is 14.7. The number of ether oxygens (including phenoxy) is 1. The van der Waals surface area contributed by atoms with E-state index in [1.54, 1.807) is 7.11 Å². The molecule has 3 atom stereocenters. The van der Waals surface area contributed by atoms with E-state index in [1.165, 1.54) is 0 Å². The van der Waals surface area contributed by atoms with Gasteiger partial charge in [0.2, 0.25) is 5.91 Å². The summed E-state index contributed by atoms with van der Waals surface area (Å²) < 4.78 is 5.20. The second-order valence-corrected chi connectivity index (χ2v) is 5.78. The minimum atomic E-state index is -0.479. The van der Waals surface area contributed by atoms with Gasteiger partial charge in [0.15, 0.2) is 0 Å². The van der Waals surface area contributed by atoms with Gasteiger partial charge in [0.25, 0.3) is 0 Å². The second-order valence-electron chi connectivity index (χ2n) is 5.78. The van der Waals surface area contributed by atoms with E-state index < -0.39 is 6.10 Å². The Morgan fingerprint density at radius 3 is 2.90 bits per heavy atom. The van der Waals surface area contributed by atoms with Gasteiger partial charge in [0.1, 0.15) is 5.75 Å². The van der Waals surface area contributed by atoms with Gasteiger partial charge in [-0.05, 0) is 36.0 Å². The second kappa shape index (κ2) is 6.27. The van der Waals surface area contributed by atoms with Crippen molar-refractivity contribution in [1.82, 2.24) is 5.32 Å². The van der Waals surface area contributed by atoms with Gasteiger partial charge < -0.3 is 15.2 Å². The van der Waals surface area contributed by atoms with Gasteiger partial charge in [-0.1, -0.05) is 26.0 Å². The molecule has 20 heavy (non-hydrogen) atoms. The van der Waals surface area contributed by atoms with Gasteiger partial charge in [-0.15, -0.1) is 0 Å². The Morgan fingerprint density at radius 1 is 1.50 bits per heavy atom. The summed E-state index contributed by atoms with van der Waals surface area (Å²) >= 11 is 0. The average molecular weight is 277 g/mol. The minimum Gasteiger partial charge on any atom is -0.497 e. The quantitative estimate of drug-likeness (QED) is 0.835. The summed E-state index contributed by atoms with van der Waals surface area (Å²) in [4.78, 5) is 12.0. The van der Waals surface area contributed by atoms with Gasteiger partial charge in [0, 0.05) is 12.5 Å². The molecule has 1 aliphatic rings. The molecule has 0 saturated heterocycles. The zero-order valence-corrected chi connectivity index (χ0v) is 12.3. The van der Waals surface area contributed by atoms with Gasteiger partial charge in [0.05, 0.1) is 13.2 Å². The lowest BCUT2D eigenvalue weighted by Crippen LogP contribution is -2.35. The van der Waals surface area contributed by atoms with E-state index in [2.05, 4.69) is 5.32 Å². The molecular formula is C16H23NO3. The molecule has 4 nitrogen and oxygen atoms in total. The van der Waals surface area contributed by atoms with E-state index in [0.717, 1.165) is 17.7 Å². The zero-order valence-electron chi connectivity index (χ0n) is 12.3. The van der Waals surface area contributed by atoms with Crippen LogP contribution in [0.25, 0.3) is 0 Å². The van der Waals surface area contributed by atoms with Crippen molar-refractivity contribution >= 4 is 5.91 Å². The maximum Gasteiger partial charge on any atom is 0.223 e. The molecule has 0 spiro atoms. The van der Waals surface area contributed by atoms with Crippen molar-refractivity contribution in [3.05, 3.63) is 29.8 Å². The number of benzene rings is 1. The smallest absolute Gasteiger partial charge is 0.223 e. The molecule has 0 aromatic heterocycles. The highest BCUT2D eigenvalue weighted by Crippen LogP contribution is 2.48. The Hall–Kier alpha value is -1.55. The molecule has 1 amide bonds. The number of methoxy groups -OCH3 is 1. The van der Waals surface area contributed by atoms with Crippen LogP contribution in [0.15, 0.2) is 24.3 Å². The third kappa shape index (κ3) is 3.51. The van der Waals surface area contributed by atoms with Gasteiger partial charge >= 0.3 is 0 Å². The number of aliphatic hydroxyl groups excluding tert-OH is 1. The molecule has 1 aliphatic carbocycles. The number of amides is 1. The first-order valence-electron chi connectivity index (χ1n) is 7.12. The number of hydrogen-bond acceptors (Lipinski definition) is 3. The average Bonchev–Trinajstić information content (AvgIpc) is 3.24. The highest BCUT2D eigenvalue weighted by atomic mass is 16.5. The van der Waals surface area contributed by atoms with Gasteiger partial charge in [-0.3, -0.25) is 4.79 Å². The summed E-state index contributed by atoms with van der Waals surface area (Å²) in [5.41, 5.74) is 1.15. The van der Waals surface area contributed by atoms with Crippen LogP contribution in [0.4, 0.5) is 0 Å². The monoisotopic (exact) mass is 277 g/mol. The Kier molecular flexibility index (Phi) is 4.65. The number of hydrogen-bond donors (Lipinski definition) is 2. The molecule has 1 aromatic rings. The lowest BCUT2D eigenvalue weighted by molar-refractivity contribution is -0.123. The fourth-order valence-corrected chi connectivity index (χ4v) is 2.30. The van der Waals surface area contributed by atoms with E-state index in [4.69, 9.17) is 4.74 Å². The van der Waals surface area contributed by atoms with E-state index in [1.807, 2.05) is 38.1 Å². The first kappa shape index (κ1) is 14.9. The molecule has 1 fully saturated rings. The van der Waals surface area contributed by atoms with Crippen LogP contribution in [0, 0.1) is 11.8 Å². The molecule has 0 aliphatic heterocycles. The van der Waals surface area contributed by atoms with Crippen molar-refractivity contribution < 1.29 is 14.6 Å². The predicted molar refractivity (Wildman–Crippen MR) is 77.7 cm³/mol. The largest absolute Gasteiger partial charge is 0.497 e. The van der Waals surface area contributed by atoms with Gasteiger partial charge in [-0.2, -0.15) is 0 Å². The van der Waals surface area contributed by atoms with Crippen molar-refractivity contribution in [3.63, 3.8) is 0 Å². The van der Waals surface area contributed by atoms with Crippen LogP contribution in [0.1, 0.15) is 31.7 Å². The number of carbonyl (C=O) groups excluding carboxylic acids is 1. The topological polar surface area (TPSA) is 58.6 Å². The Morgan fingerprint density at radius 2 is 2.25 bits per heavy atom. The fourth-order valence-electron chi connectivity index (χ4n) is 2.30. The number of carbonyl (C=O) groups is 1. The highest BCUT2D eigenvalue weighted by Gasteiger charge is 2.44. The lowest BCUT2D eigenvalue weighted by Gasteiger charge is -2.15. The Balaban J connectivity index is 1.86. The fraction of sp³-hybridized carbons (Fsp3) is 0.562. The summed E-state index contributed by atoms with van der Waals surface area (Å²) in [6.45, 7) is 4.21. The molecule has 0 bridgehead atoms. The lowest BCUT2D eigenvalue weighted by atomic mass is 10.1. The third-order valence-electron chi connectivity index (χ3n) is 3.90. The highest BCUT2D eigenvalue weighted by molar-refractivity contribution is 5.82. The SMILES string of the molecule is COc1cccc(C2CC2C(=O)NCC(O)C(C)C)c1. The van der Waals surface area contributed by atoms with Crippen molar-refractivity contribution in [2.45, 2.75) is 32.3 Å². The molecule has 1 saturated carbocycles. The summed E-state index contributed by atoms with van der Waals surface area (Å²) in [6, 6.07) is 7.87. The van der Waals surface area contributed by atoms with Crippen LogP contribution in [0.3, 0.4) is 0 Å². The molecular weight excluding hydrogens is 254 g/mol. The van der Waals surface area contributed by atoms with E-state index in [-0.39, 0.29) is 23.7 Å². The van der Waals surface area contributed by atoms with E-state index in [9.17, 15) is 9.90 Å². The van der Waals surface area contributed by atoms with Crippen molar-refractivity contribution in [1.29, 1.82) is 0 Å². The maximum absolute atomic E-state index is 12.0. The maximum atomic E-state index is 12.0. The normalized spacial score (nSPS) is 22.4.